The molecule has 0 spiro atoms. The second kappa shape index (κ2) is 6.76. The van der Waals surface area contributed by atoms with E-state index < -0.39 is 5.97 Å². The van der Waals surface area contributed by atoms with Crippen LogP contribution in [-0.2, 0) is 11.3 Å². The summed E-state index contributed by atoms with van der Waals surface area (Å²) in [7, 11) is 0. The van der Waals surface area contributed by atoms with Crippen LogP contribution in [0.4, 0.5) is 0 Å². The summed E-state index contributed by atoms with van der Waals surface area (Å²) in [5.41, 5.74) is 1.81. The lowest BCUT2D eigenvalue weighted by Crippen LogP contribution is -2.23. The highest BCUT2D eigenvalue weighted by Gasteiger charge is 2.07. The van der Waals surface area contributed by atoms with Gasteiger partial charge in [-0.2, -0.15) is 0 Å². The number of nitrogens with zero attached hydrogens (tertiary/aromatic N) is 2. The molecule has 0 aromatic carbocycles. The van der Waals surface area contributed by atoms with E-state index in [1.807, 2.05) is 11.4 Å². The minimum Gasteiger partial charge on any atom is -0.478 e. The Balaban J connectivity index is 1.92. The molecule has 21 heavy (non-hydrogen) atoms. The summed E-state index contributed by atoms with van der Waals surface area (Å²) in [4.78, 5) is 31.2. The van der Waals surface area contributed by atoms with Crippen LogP contribution in [-0.4, -0.2) is 27.0 Å². The average Bonchev–Trinajstić information content (AvgIpc) is 2.91. The molecule has 0 saturated carbocycles. The number of rotatable bonds is 5. The van der Waals surface area contributed by atoms with Crippen LogP contribution in [0.1, 0.15) is 26.6 Å². The summed E-state index contributed by atoms with van der Waals surface area (Å²) < 4.78 is 0. The van der Waals surface area contributed by atoms with Crippen LogP contribution in [0.2, 0.25) is 0 Å². The first-order valence-electron chi connectivity index (χ1n) is 6.10. The highest BCUT2D eigenvalue weighted by Crippen LogP contribution is 2.15. The molecule has 2 aromatic rings. The van der Waals surface area contributed by atoms with Crippen LogP contribution in [0.3, 0.4) is 0 Å². The average molecular weight is 303 g/mol. The fraction of sp³-hybridized carbons (Fsp3) is 0.143. The highest BCUT2D eigenvalue weighted by atomic mass is 32.1. The van der Waals surface area contributed by atoms with Crippen molar-refractivity contribution in [2.45, 2.75) is 13.5 Å². The van der Waals surface area contributed by atoms with Crippen molar-refractivity contribution in [3.8, 4) is 0 Å². The number of aromatic nitrogens is 2. The van der Waals surface area contributed by atoms with Crippen LogP contribution in [0.5, 0.6) is 0 Å². The van der Waals surface area contributed by atoms with E-state index >= 15 is 0 Å². The second-order valence-electron chi connectivity index (χ2n) is 4.24. The van der Waals surface area contributed by atoms with Gasteiger partial charge in [-0.3, -0.25) is 9.78 Å². The quantitative estimate of drug-likeness (QED) is 0.823. The number of hydrogen-bond donors (Lipinski definition) is 2. The standard InChI is InChI=1S/C14H13N3O3S/c1-9-5-16-12(7-15-9)14(20)17-6-11-4-10(8-21-11)2-3-13(18)19/h2-5,7-8H,6H2,1H3,(H,17,20)(H,18,19). The number of carbonyl (C=O) groups is 2. The lowest BCUT2D eigenvalue weighted by Gasteiger charge is -2.02. The van der Waals surface area contributed by atoms with Gasteiger partial charge < -0.3 is 10.4 Å². The molecule has 0 atom stereocenters. The number of carboxylic acid groups (broad SMARTS) is 1. The third-order valence-electron chi connectivity index (χ3n) is 2.53. The fourth-order valence-electron chi connectivity index (χ4n) is 1.51. The molecular formula is C14H13N3O3S. The first kappa shape index (κ1) is 14.9. The van der Waals surface area contributed by atoms with E-state index in [1.165, 1.54) is 29.8 Å². The third kappa shape index (κ3) is 4.50. The maximum atomic E-state index is 11.9. The molecule has 7 heteroatoms. The Labute approximate surface area is 125 Å². The molecule has 6 nitrogen and oxygen atoms in total. The van der Waals surface area contributed by atoms with Crippen LogP contribution >= 0.6 is 11.3 Å². The number of carbonyl (C=O) groups excluding carboxylic acids is 1. The van der Waals surface area contributed by atoms with Gasteiger partial charge in [-0.25, -0.2) is 9.78 Å². The molecule has 1 amide bonds. The van der Waals surface area contributed by atoms with Crippen LogP contribution in [0.15, 0.2) is 29.9 Å². The highest BCUT2D eigenvalue weighted by molar-refractivity contribution is 7.10. The van der Waals surface area contributed by atoms with E-state index in [1.54, 1.807) is 6.92 Å². The van der Waals surface area contributed by atoms with Crippen molar-refractivity contribution in [2.24, 2.45) is 0 Å². The molecule has 0 radical (unpaired) electrons. The van der Waals surface area contributed by atoms with Gasteiger partial charge in [0.1, 0.15) is 5.69 Å². The van der Waals surface area contributed by atoms with Crippen molar-refractivity contribution in [3.05, 3.63) is 51.7 Å². The maximum absolute atomic E-state index is 11.9. The minimum absolute atomic E-state index is 0.267. The van der Waals surface area contributed by atoms with E-state index in [-0.39, 0.29) is 11.6 Å². The number of thiophene rings is 1. The monoisotopic (exact) mass is 303 g/mol. The van der Waals surface area contributed by atoms with E-state index in [4.69, 9.17) is 5.11 Å². The van der Waals surface area contributed by atoms with Crippen molar-refractivity contribution in [3.63, 3.8) is 0 Å². The Kier molecular flexibility index (Phi) is 4.78. The summed E-state index contributed by atoms with van der Waals surface area (Å²) in [5, 5.41) is 13.1. The van der Waals surface area contributed by atoms with Gasteiger partial charge in [0.15, 0.2) is 0 Å². The van der Waals surface area contributed by atoms with Gasteiger partial charge in [0, 0.05) is 17.2 Å². The Morgan fingerprint density at radius 3 is 2.86 bits per heavy atom. The molecule has 0 unspecified atom stereocenters. The Bertz CT molecular complexity index is 677. The van der Waals surface area contributed by atoms with Gasteiger partial charge in [-0.1, -0.05) is 0 Å². The summed E-state index contributed by atoms with van der Waals surface area (Å²) in [5.74, 6) is -1.28. The zero-order valence-corrected chi connectivity index (χ0v) is 12.1. The first-order chi connectivity index (χ1) is 10.0. The normalized spacial score (nSPS) is 10.7. The summed E-state index contributed by atoms with van der Waals surface area (Å²) in [6.45, 7) is 2.16. The SMILES string of the molecule is Cc1cnc(C(=O)NCc2cc(C=CC(=O)O)cs2)cn1. The number of amides is 1. The minimum atomic E-state index is -0.992. The van der Waals surface area contributed by atoms with E-state index in [0.29, 0.717) is 6.54 Å². The van der Waals surface area contributed by atoms with Crippen molar-refractivity contribution in [1.82, 2.24) is 15.3 Å². The van der Waals surface area contributed by atoms with Gasteiger partial charge in [-0.15, -0.1) is 11.3 Å². The lowest BCUT2D eigenvalue weighted by atomic mass is 10.3. The largest absolute Gasteiger partial charge is 0.478 e. The summed E-state index contributed by atoms with van der Waals surface area (Å²) in [6, 6.07) is 1.82. The molecule has 2 rings (SSSR count). The van der Waals surface area contributed by atoms with Gasteiger partial charge in [0.25, 0.3) is 5.91 Å². The number of carboxylic acids is 1. The molecule has 2 N–H and O–H groups in total. The molecule has 0 aliphatic heterocycles. The summed E-state index contributed by atoms with van der Waals surface area (Å²) >= 11 is 1.45. The predicted molar refractivity (Wildman–Crippen MR) is 78.9 cm³/mol. The summed E-state index contributed by atoms with van der Waals surface area (Å²) in [6.07, 6.45) is 5.55. The first-order valence-corrected chi connectivity index (χ1v) is 6.98. The molecule has 2 heterocycles. The van der Waals surface area contributed by atoms with Gasteiger partial charge in [-0.05, 0) is 30.0 Å². The third-order valence-corrected chi connectivity index (χ3v) is 3.48. The molecule has 108 valence electrons. The number of hydrogen-bond acceptors (Lipinski definition) is 5. The van der Waals surface area contributed by atoms with Crippen molar-refractivity contribution >= 4 is 29.3 Å². The van der Waals surface area contributed by atoms with E-state index in [2.05, 4.69) is 15.3 Å². The van der Waals surface area contributed by atoms with Crippen molar-refractivity contribution in [1.29, 1.82) is 0 Å². The molecule has 0 saturated heterocycles. The van der Waals surface area contributed by atoms with Crippen molar-refractivity contribution in [2.75, 3.05) is 0 Å². The van der Waals surface area contributed by atoms with Crippen molar-refractivity contribution < 1.29 is 14.7 Å². The maximum Gasteiger partial charge on any atom is 0.328 e. The molecule has 0 aliphatic carbocycles. The van der Waals surface area contributed by atoms with Crippen LogP contribution in [0.25, 0.3) is 6.08 Å². The number of nitrogens with one attached hydrogen (secondary N) is 1. The Morgan fingerprint density at radius 1 is 1.38 bits per heavy atom. The molecular weight excluding hydrogens is 290 g/mol. The topological polar surface area (TPSA) is 92.2 Å². The zero-order chi connectivity index (χ0) is 15.2. The molecule has 0 fully saturated rings. The molecule has 2 aromatic heterocycles. The molecule has 0 aliphatic rings. The van der Waals surface area contributed by atoms with Crippen LogP contribution < -0.4 is 5.32 Å². The van der Waals surface area contributed by atoms with Gasteiger partial charge in [0.2, 0.25) is 0 Å². The fourth-order valence-corrected chi connectivity index (χ4v) is 2.31. The second-order valence-corrected chi connectivity index (χ2v) is 5.24. The lowest BCUT2D eigenvalue weighted by molar-refractivity contribution is -0.131. The van der Waals surface area contributed by atoms with E-state index in [9.17, 15) is 9.59 Å². The zero-order valence-electron chi connectivity index (χ0n) is 11.2. The van der Waals surface area contributed by atoms with Gasteiger partial charge in [0.05, 0.1) is 18.4 Å². The predicted octanol–water partition coefficient (Wildman–Crippen LogP) is 1.87. The Hall–Kier alpha value is -2.54. The van der Waals surface area contributed by atoms with E-state index in [0.717, 1.165) is 22.2 Å². The van der Waals surface area contributed by atoms with Gasteiger partial charge >= 0.3 is 5.97 Å². The number of aliphatic carboxylic acids is 1. The number of aryl methyl sites for hydroxylation is 1. The smallest absolute Gasteiger partial charge is 0.328 e. The van der Waals surface area contributed by atoms with Crippen LogP contribution in [0, 0.1) is 6.92 Å². The molecule has 0 bridgehead atoms. The Morgan fingerprint density at radius 2 is 2.19 bits per heavy atom.